The molecule has 0 aliphatic heterocycles. The summed E-state index contributed by atoms with van der Waals surface area (Å²) < 4.78 is 12.0. The molecule has 1 aromatic heterocycles. The number of rotatable bonds is 12. The van der Waals surface area contributed by atoms with Gasteiger partial charge in [0.15, 0.2) is 0 Å². The zero-order chi connectivity index (χ0) is 27.6. The molecule has 8 heteroatoms. The van der Waals surface area contributed by atoms with Crippen molar-refractivity contribution in [2.45, 2.75) is 32.8 Å². The van der Waals surface area contributed by atoms with Gasteiger partial charge >= 0.3 is 12.0 Å². The maximum absolute atomic E-state index is 12.3. The summed E-state index contributed by atoms with van der Waals surface area (Å²) in [5.41, 5.74) is 3.16. The van der Waals surface area contributed by atoms with Crippen molar-refractivity contribution in [2.24, 2.45) is 5.92 Å². The van der Waals surface area contributed by atoms with E-state index in [1.165, 1.54) is 0 Å². The highest BCUT2D eigenvalue weighted by atomic mass is 16.5. The van der Waals surface area contributed by atoms with Gasteiger partial charge in [0.05, 0.1) is 6.42 Å². The molecule has 1 amide bonds. The summed E-state index contributed by atoms with van der Waals surface area (Å²) in [4.78, 5) is 31.8. The summed E-state index contributed by atoms with van der Waals surface area (Å²) in [7, 11) is 0. The Morgan fingerprint density at radius 3 is 2.10 bits per heavy atom. The quantitative estimate of drug-likeness (QED) is 0.223. The summed E-state index contributed by atoms with van der Waals surface area (Å²) in [6.07, 6.45) is 3.77. The number of aromatic nitrogens is 2. The molecule has 8 nitrogen and oxygen atoms in total. The molecule has 4 rings (SSSR count). The number of carboxylic acid groups (broad SMARTS) is 1. The summed E-state index contributed by atoms with van der Waals surface area (Å²) in [6.45, 7) is 4.29. The highest BCUT2D eigenvalue weighted by Crippen LogP contribution is 2.28. The zero-order valence-electron chi connectivity index (χ0n) is 21.9. The lowest BCUT2D eigenvalue weighted by molar-refractivity contribution is -0.136. The van der Waals surface area contributed by atoms with Gasteiger partial charge < -0.3 is 19.9 Å². The van der Waals surface area contributed by atoms with Gasteiger partial charge in [-0.2, -0.15) is 0 Å². The van der Waals surface area contributed by atoms with E-state index < -0.39 is 5.97 Å². The molecule has 0 radical (unpaired) electrons. The van der Waals surface area contributed by atoms with Crippen molar-refractivity contribution in [3.8, 4) is 28.6 Å². The molecule has 1 atom stereocenters. The number of hydrogen-bond donors (Lipinski definition) is 2. The molecular weight excluding hydrogens is 494 g/mol. The third-order valence-electron chi connectivity index (χ3n) is 5.90. The topological polar surface area (TPSA) is 111 Å². The number of carbonyl (C=O) groups is 2. The molecule has 0 fully saturated rings. The van der Waals surface area contributed by atoms with Gasteiger partial charge in [0.25, 0.3) is 5.91 Å². The smallest absolute Gasteiger partial charge is 0.316 e. The number of aliphatic carboxylic acids is 1. The zero-order valence-corrected chi connectivity index (χ0v) is 21.9. The van der Waals surface area contributed by atoms with Crippen LogP contribution in [0.3, 0.4) is 0 Å². The van der Waals surface area contributed by atoms with Gasteiger partial charge in [-0.1, -0.05) is 56.3 Å². The monoisotopic (exact) mass is 525 g/mol. The first kappa shape index (κ1) is 27.3. The number of benzene rings is 3. The Labute approximate surface area is 227 Å². The van der Waals surface area contributed by atoms with Crippen LogP contribution in [-0.4, -0.2) is 33.5 Å². The Balaban J connectivity index is 1.40. The van der Waals surface area contributed by atoms with Crippen LogP contribution in [0.15, 0.2) is 91.3 Å². The van der Waals surface area contributed by atoms with Crippen LogP contribution in [0, 0.1) is 5.92 Å². The van der Waals surface area contributed by atoms with Gasteiger partial charge in [0.1, 0.15) is 17.6 Å². The second-order valence-corrected chi connectivity index (χ2v) is 9.45. The second kappa shape index (κ2) is 13.2. The number of ether oxygens (including phenoxy) is 2. The first-order chi connectivity index (χ1) is 18.9. The lowest BCUT2D eigenvalue weighted by Gasteiger charge is -2.20. The molecule has 2 N–H and O–H groups in total. The Morgan fingerprint density at radius 2 is 1.49 bits per heavy atom. The predicted molar refractivity (Wildman–Crippen MR) is 148 cm³/mol. The minimum Gasteiger partial charge on any atom is -0.481 e. The fourth-order valence-corrected chi connectivity index (χ4v) is 3.91. The highest BCUT2D eigenvalue weighted by molar-refractivity contribution is 5.94. The standard InChI is InChI=1S/C31H31N3O5/c1-21(2)18-28(23-8-10-24(11-9-23)30(37)32-17-16-29(35)36)39-31-33-19-25(20-34-31)22-12-14-27(15-13-22)38-26-6-4-3-5-7-26/h3-15,19-21,28H,16-18H2,1-2H3,(H,32,37)(H,35,36). The normalized spacial score (nSPS) is 11.6. The van der Waals surface area contributed by atoms with Crippen molar-refractivity contribution in [3.63, 3.8) is 0 Å². The van der Waals surface area contributed by atoms with Gasteiger partial charge in [-0.15, -0.1) is 0 Å². The molecule has 1 unspecified atom stereocenters. The van der Waals surface area contributed by atoms with Gasteiger partial charge in [0, 0.05) is 30.1 Å². The third-order valence-corrected chi connectivity index (χ3v) is 5.90. The number of hydrogen-bond acceptors (Lipinski definition) is 6. The van der Waals surface area contributed by atoms with Crippen LogP contribution < -0.4 is 14.8 Å². The number of carboxylic acids is 1. The van der Waals surface area contributed by atoms with Crippen molar-refractivity contribution >= 4 is 11.9 Å². The third kappa shape index (κ3) is 8.13. The van der Waals surface area contributed by atoms with Crippen LogP contribution in [0.2, 0.25) is 0 Å². The van der Waals surface area contributed by atoms with Crippen molar-refractivity contribution in [1.82, 2.24) is 15.3 Å². The minimum atomic E-state index is -0.957. The Kier molecular flexibility index (Phi) is 9.24. The van der Waals surface area contributed by atoms with Crippen LogP contribution in [-0.2, 0) is 4.79 Å². The van der Waals surface area contributed by atoms with Crippen LogP contribution >= 0.6 is 0 Å². The summed E-state index contributed by atoms with van der Waals surface area (Å²) in [5, 5.41) is 11.3. The van der Waals surface area contributed by atoms with E-state index in [0.717, 1.165) is 34.6 Å². The first-order valence-corrected chi connectivity index (χ1v) is 12.8. The molecule has 200 valence electrons. The Bertz CT molecular complexity index is 1360. The van der Waals surface area contributed by atoms with Crippen molar-refractivity contribution in [1.29, 1.82) is 0 Å². The minimum absolute atomic E-state index is 0.0773. The largest absolute Gasteiger partial charge is 0.481 e. The number of nitrogens with one attached hydrogen (secondary N) is 1. The highest BCUT2D eigenvalue weighted by Gasteiger charge is 2.18. The first-order valence-electron chi connectivity index (χ1n) is 12.8. The lowest BCUT2D eigenvalue weighted by atomic mass is 9.98. The SMILES string of the molecule is CC(C)CC(Oc1ncc(-c2ccc(Oc3ccccc3)cc2)cn1)c1ccc(C(=O)NCCC(=O)O)cc1. The average molecular weight is 526 g/mol. The summed E-state index contributed by atoms with van der Waals surface area (Å²) in [5.74, 6) is 0.597. The molecule has 4 aromatic rings. The molecule has 0 saturated carbocycles. The fraction of sp³-hybridized carbons (Fsp3) is 0.226. The van der Waals surface area contributed by atoms with Crippen LogP contribution in [0.1, 0.15) is 48.7 Å². The summed E-state index contributed by atoms with van der Waals surface area (Å²) >= 11 is 0. The van der Waals surface area contributed by atoms with E-state index in [1.54, 1.807) is 24.5 Å². The molecule has 3 aromatic carbocycles. The van der Waals surface area contributed by atoms with E-state index >= 15 is 0 Å². The number of amides is 1. The van der Waals surface area contributed by atoms with Crippen molar-refractivity contribution in [3.05, 3.63) is 102 Å². The van der Waals surface area contributed by atoms with Crippen molar-refractivity contribution < 1.29 is 24.2 Å². The van der Waals surface area contributed by atoms with Gasteiger partial charge in [-0.3, -0.25) is 9.59 Å². The molecule has 1 heterocycles. The molecule has 0 spiro atoms. The van der Waals surface area contributed by atoms with Crippen molar-refractivity contribution in [2.75, 3.05) is 6.54 Å². The average Bonchev–Trinajstić information content (AvgIpc) is 2.94. The van der Waals surface area contributed by atoms with Crippen LogP contribution in [0.4, 0.5) is 0 Å². The van der Waals surface area contributed by atoms with Gasteiger partial charge in [0.2, 0.25) is 0 Å². The van der Waals surface area contributed by atoms with Crippen LogP contribution in [0.5, 0.6) is 17.5 Å². The van der Waals surface area contributed by atoms with E-state index in [2.05, 4.69) is 29.1 Å². The van der Waals surface area contributed by atoms with Crippen LogP contribution in [0.25, 0.3) is 11.1 Å². The second-order valence-electron chi connectivity index (χ2n) is 9.45. The van der Waals surface area contributed by atoms with Gasteiger partial charge in [-0.05, 0) is 59.9 Å². The summed E-state index contributed by atoms with van der Waals surface area (Å²) in [6, 6.07) is 24.7. The van der Waals surface area contributed by atoms with E-state index in [0.29, 0.717) is 11.5 Å². The molecule has 0 saturated heterocycles. The maximum Gasteiger partial charge on any atom is 0.316 e. The number of para-hydroxylation sites is 1. The molecule has 0 aliphatic carbocycles. The number of carbonyl (C=O) groups excluding carboxylic acids is 1. The fourth-order valence-electron chi connectivity index (χ4n) is 3.91. The lowest BCUT2D eigenvalue weighted by Crippen LogP contribution is -2.26. The Morgan fingerprint density at radius 1 is 0.846 bits per heavy atom. The van der Waals surface area contributed by atoms with E-state index in [-0.39, 0.29) is 31.0 Å². The predicted octanol–water partition coefficient (Wildman–Crippen LogP) is 6.31. The molecule has 39 heavy (non-hydrogen) atoms. The molecular formula is C31H31N3O5. The molecule has 0 bridgehead atoms. The van der Waals surface area contributed by atoms with E-state index in [9.17, 15) is 9.59 Å². The maximum atomic E-state index is 12.3. The number of nitrogens with zero attached hydrogens (tertiary/aromatic N) is 2. The Hall–Kier alpha value is -4.72. The van der Waals surface area contributed by atoms with E-state index in [1.807, 2.05) is 66.7 Å². The van der Waals surface area contributed by atoms with Gasteiger partial charge in [-0.25, -0.2) is 9.97 Å². The molecule has 0 aliphatic rings. The van der Waals surface area contributed by atoms with E-state index in [4.69, 9.17) is 14.6 Å².